The van der Waals surface area contributed by atoms with E-state index < -0.39 is 0 Å². The molecule has 1 unspecified atom stereocenters. The number of benzene rings is 2. The van der Waals surface area contributed by atoms with Crippen LogP contribution in [0.5, 0.6) is 0 Å². The molecule has 0 amide bonds. The Bertz CT molecular complexity index is 569. The predicted octanol–water partition coefficient (Wildman–Crippen LogP) is 6.16. The topological polar surface area (TPSA) is 0 Å². The largest absolute Gasteiger partial charge is 0.0841 e. The third-order valence-corrected chi connectivity index (χ3v) is 4.62. The molecule has 0 N–H and O–H groups in total. The first kappa shape index (κ1) is 16.1. The fraction of sp³-hybridized carbons (Fsp3) is 0.400. The number of aryl methyl sites for hydroxylation is 4. The van der Waals surface area contributed by atoms with Gasteiger partial charge in [-0.3, -0.25) is 0 Å². The maximum atomic E-state index is 6.07. The Morgan fingerprint density at radius 2 is 1.43 bits per heavy atom. The zero-order valence-corrected chi connectivity index (χ0v) is 14.1. The minimum absolute atomic E-state index is 0.752. The van der Waals surface area contributed by atoms with Gasteiger partial charge in [-0.2, -0.15) is 0 Å². The zero-order valence-electron chi connectivity index (χ0n) is 13.3. The molecule has 2 rings (SSSR count). The van der Waals surface area contributed by atoms with Crippen molar-refractivity contribution in [3.05, 3.63) is 69.7 Å². The van der Waals surface area contributed by atoms with E-state index in [1.807, 2.05) is 6.07 Å². The molecule has 112 valence electrons. The summed E-state index contributed by atoms with van der Waals surface area (Å²) in [7, 11) is 0. The van der Waals surface area contributed by atoms with Crippen LogP contribution < -0.4 is 0 Å². The highest BCUT2D eigenvalue weighted by atomic mass is 35.5. The Hall–Kier alpha value is -1.27. The van der Waals surface area contributed by atoms with Gasteiger partial charge in [0.25, 0.3) is 0 Å². The van der Waals surface area contributed by atoms with E-state index in [9.17, 15) is 0 Å². The van der Waals surface area contributed by atoms with Crippen LogP contribution in [-0.4, -0.2) is 0 Å². The van der Waals surface area contributed by atoms with Gasteiger partial charge in [-0.05, 0) is 68.2 Å². The molecule has 0 saturated carbocycles. The SMILES string of the molecule is Cc1ccc(CCC(C)CCc2ccc(Cl)c(C)c2)cc1. The highest BCUT2D eigenvalue weighted by Gasteiger charge is 2.05. The lowest BCUT2D eigenvalue weighted by atomic mass is 9.94. The molecule has 0 aliphatic rings. The van der Waals surface area contributed by atoms with Crippen molar-refractivity contribution < 1.29 is 0 Å². The lowest BCUT2D eigenvalue weighted by Crippen LogP contribution is -2.00. The van der Waals surface area contributed by atoms with Crippen LogP contribution in [0.15, 0.2) is 42.5 Å². The molecular formula is C20H25Cl. The maximum Gasteiger partial charge on any atom is 0.0435 e. The van der Waals surface area contributed by atoms with Gasteiger partial charge in [0.2, 0.25) is 0 Å². The van der Waals surface area contributed by atoms with E-state index in [0.717, 1.165) is 17.4 Å². The predicted molar refractivity (Wildman–Crippen MR) is 93.2 cm³/mol. The first-order valence-corrected chi connectivity index (χ1v) is 8.23. The normalized spacial score (nSPS) is 12.4. The minimum Gasteiger partial charge on any atom is -0.0841 e. The summed E-state index contributed by atoms with van der Waals surface area (Å²) >= 11 is 6.07. The van der Waals surface area contributed by atoms with E-state index in [1.165, 1.54) is 41.5 Å². The summed E-state index contributed by atoms with van der Waals surface area (Å²) in [5.74, 6) is 0.752. The van der Waals surface area contributed by atoms with E-state index in [2.05, 4.69) is 57.2 Å². The summed E-state index contributed by atoms with van der Waals surface area (Å²) in [6.07, 6.45) is 4.83. The molecule has 0 aliphatic carbocycles. The summed E-state index contributed by atoms with van der Waals surface area (Å²) in [6.45, 7) is 6.57. The molecule has 21 heavy (non-hydrogen) atoms. The van der Waals surface area contributed by atoms with Crippen LogP contribution in [0.1, 0.15) is 42.0 Å². The molecule has 0 heterocycles. The highest BCUT2D eigenvalue weighted by Crippen LogP contribution is 2.20. The maximum absolute atomic E-state index is 6.07. The van der Waals surface area contributed by atoms with Crippen molar-refractivity contribution in [3.63, 3.8) is 0 Å². The third-order valence-electron chi connectivity index (χ3n) is 4.19. The number of hydrogen-bond acceptors (Lipinski definition) is 0. The second-order valence-corrected chi connectivity index (χ2v) is 6.66. The molecule has 1 atom stereocenters. The summed E-state index contributed by atoms with van der Waals surface area (Å²) in [4.78, 5) is 0. The van der Waals surface area contributed by atoms with Crippen molar-refractivity contribution in [1.29, 1.82) is 0 Å². The molecule has 0 aromatic heterocycles. The molecule has 2 aromatic rings. The van der Waals surface area contributed by atoms with Gasteiger partial charge in [0, 0.05) is 5.02 Å². The van der Waals surface area contributed by atoms with Crippen LogP contribution in [0.4, 0.5) is 0 Å². The molecule has 0 bridgehead atoms. The quantitative estimate of drug-likeness (QED) is 0.599. The Morgan fingerprint density at radius 3 is 2.05 bits per heavy atom. The van der Waals surface area contributed by atoms with Crippen molar-refractivity contribution >= 4 is 11.6 Å². The van der Waals surface area contributed by atoms with Crippen molar-refractivity contribution in [1.82, 2.24) is 0 Å². The van der Waals surface area contributed by atoms with Crippen LogP contribution in [-0.2, 0) is 12.8 Å². The minimum atomic E-state index is 0.752. The van der Waals surface area contributed by atoms with Crippen molar-refractivity contribution in [3.8, 4) is 0 Å². The summed E-state index contributed by atoms with van der Waals surface area (Å²) in [5.41, 5.74) is 5.38. The van der Waals surface area contributed by atoms with E-state index in [-0.39, 0.29) is 0 Å². The van der Waals surface area contributed by atoms with Gasteiger partial charge >= 0.3 is 0 Å². The molecule has 0 saturated heterocycles. The Morgan fingerprint density at radius 1 is 0.857 bits per heavy atom. The van der Waals surface area contributed by atoms with Crippen LogP contribution in [0, 0.1) is 19.8 Å². The molecule has 1 heteroatoms. The fourth-order valence-corrected chi connectivity index (χ4v) is 2.71. The number of hydrogen-bond donors (Lipinski definition) is 0. The summed E-state index contributed by atoms with van der Waals surface area (Å²) in [5, 5.41) is 0.867. The molecule has 0 spiro atoms. The van der Waals surface area contributed by atoms with Crippen molar-refractivity contribution in [2.75, 3.05) is 0 Å². The Balaban J connectivity index is 1.77. The van der Waals surface area contributed by atoms with Crippen molar-refractivity contribution in [2.45, 2.75) is 46.5 Å². The number of rotatable bonds is 6. The zero-order chi connectivity index (χ0) is 15.2. The first-order chi connectivity index (χ1) is 10.0. The smallest absolute Gasteiger partial charge is 0.0435 e. The van der Waals surface area contributed by atoms with Gasteiger partial charge in [0.05, 0.1) is 0 Å². The van der Waals surface area contributed by atoms with Gasteiger partial charge < -0.3 is 0 Å². The monoisotopic (exact) mass is 300 g/mol. The third kappa shape index (κ3) is 5.21. The first-order valence-electron chi connectivity index (χ1n) is 7.85. The second-order valence-electron chi connectivity index (χ2n) is 6.25. The van der Waals surface area contributed by atoms with E-state index in [4.69, 9.17) is 11.6 Å². The summed E-state index contributed by atoms with van der Waals surface area (Å²) < 4.78 is 0. The van der Waals surface area contributed by atoms with Gasteiger partial charge in [0.15, 0.2) is 0 Å². The van der Waals surface area contributed by atoms with E-state index >= 15 is 0 Å². The highest BCUT2D eigenvalue weighted by molar-refractivity contribution is 6.31. The van der Waals surface area contributed by atoms with E-state index in [1.54, 1.807) is 0 Å². The fourth-order valence-electron chi connectivity index (χ4n) is 2.59. The van der Waals surface area contributed by atoms with Gasteiger partial charge in [-0.15, -0.1) is 0 Å². The van der Waals surface area contributed by atoms with Crippen LogP contribution in [0.25, 0.3) is 0 Å². The second kappa shape index (κ2) is 7.66. The number of halogens is 1. The van der Waals surface area contributed by atoms with Gasteiger partial charge in [-0.1, -0.05) is 60.5 Å². The van der Waals surface area contributed by atoms with Crippen LogP contribution in [0.2, 0.25) is 5.02 Å². The molecular weight excluding hydrogens is 276 g/mol. The molecule has 0 nitrogen and oxygen atoms in total. The average Bonchev–Trinajstić information content (AvgIpc) is 2.48. The average molecular weight is 301 g/mol. The van der Waals surface area contributed by atoms with Crippen molar-refractivity contribution in [2.24, 2.45) is 5.92 Å². The van der Waals surface area contributed by atoms with Gasteiger partial charge in [-0.25, -0.2) is 0 Å². The Labute approximate surface area is 134 Å². The van der Waals surface area contributed by atoms with E-state index in [0.29, 0.717) is 0 Å². The molecule has 0 aliphatic heterocycles. The molecule has 0 radical (unpaired) electrons. The lowest BCUT2D eigenvalue weighted by molar-refractivity contribution is 0.493. The Kier molecular flexibility index (Phi) is 5.87. The standard InChI is InChI=1S/C20H25Cl/c1-15-4-8-18(9-5-15)10-6-16(2)7-11-19-12-13-20(21)17(3)14-19/h4-5,8-9,12-14,16H,6-7,10-11H2,1-3H3. The lowest BCUT2D eigenvalue weighted by Gasteiger charge is -2.12. The van der Waals surface area contributed by atoms with Gasteiger partial charge in [0.1, 0.15) is 0 Å². The van der Waals surface area contributed by atoms with Crippen LogP contribution >= 0.6 is 11.6 Å². The molecule has 0 fully saturated rings. The van der Waals surface area contributed by atoms with Crippen LogP contribution in [0.3, 0.4) is 0 Å². The summed E-state index contributed by atoms with van der Waals surface area (Å²) in [6, 6.07) is 15.3. The molecule has 2 aromatic carbocycles.